The molecule has 0 bridgehead atoms. The summed E-state index contributed by atoms with van der Waals surface area (Å²) in [6.45, 7) is 6.72. The van der Waals surface area contributed by atoms with Gasteiger partial charge in [0.05, 0.1) is 5.75 Å². The molecule has 18 heavy (non-hydrogen) atoms. The molecule has 1 rings (SSSR count). The first-order chi connectivity index (χ1) is 8.76. The number of thioether (sulfide) groups is 1. The van der Waals surface area contributed by atoms with Crippen LogP contribution in [0.25, 0.3) is 0 Å². The molecule has 0 aliphatic carbocycles. The third kappa shape index (κ3) is 6.07. The summed E-state index contributed by atoms with van der Waals surface area (Å²) in [5.41, 5.74) is 1.27. The number of hydrogen-bond donors (Lipinski definition) is 2. The minimum Gasteiger partial charge on any atom is -0.356 e. The van der Waals surface area contributed by atoms with Crippen molar-refractivity contribution in [3.63, 3.8) is 0 Å². The van der Waals surface area contributed by atoms with Gasteiger partial charge in [-0.3, -0.25) is 4.79 Å². The Morgan fingerprint density at radius 3 is 2.89 bits per heavy atom. The molecule has 0 saturated carbocycles. The Hall–Kier alpha value is -1.00. The van der Waals surface area contributed by atoms with Crippen LogP contribution >= 0.6 is 11.8 Å². The average molecular weight is 266 g/mol. The van der Waals surface area contributed by atoms with Gasteiger partial charge in [-0.15, -0.1) is 11.8 Å². The van der Waals surface area contributed by atoms with Crippen molar-refractivity contribution in [1.29, 1.82) is 0 Å². The van der Waals surface area contributed by atoms with E-state index < -0.39 is 0 Å². The molecule has 0 spiro atoms. The molecule has 0 radical (unpaired) electrons. The van der Waals surface area contributed by atoms with Crippen LogP contribution in [0.15, 0.2) is 29.2 Å². The predicted octanol–water partition coefficient (Wildman–Crippen LogP) is 2.41. The smallest absolute Gasteiger partial charge is 0.230 e. The van der Waals surface area contributed by atoms with E-state index in [0.717, 1.165) is 24.4 Å². The van der Waals surface area contributed by atoms with E-state index in [1.165, 1.54) is 5.56 Å². The van der Waals surface area contributed by atoms with Crippen LogP contribution in [-0.4, -0.2) is 24.7 Å². The number of hydrogen-bond acceptors (Lipinski definition) is 3. The molecular formula is C14H22N2OS. The van der Waals surface area contributed by atoms with Crippen molar-refractivity contribution in [2.75, 3.05) is 18.8 Å². The number of benzene rings is 1. The largest absolute Gasteiger partial charge is 0.356 e. The monoisotopic (exact) mass is 266 g/mol. The Balaban J connectivity index is 2.41. The minimum atomic E-state index is 0.0945. The quantitative estimate of drug-likeness (QED) is 0.561. The summed E-state index contributed by atoms with van der Waals surface area (Å²) in [7, 11) is 0. The van der Waals surface area contributed by atoms with E-state index in [1.807, 2.05) is 19.1 Å². The highest BCUT2D eigenvalue weighted by molar-refractivity contribution is 8.00. The number of carbonyl (C=O) groups is 1. The topological polar surface area (TPSA) is 41.1 Å². The van der Waals surface area contributed by atoms with E-state index >= 15 is 0 Å². The van der Waals surface area contributed by atoms with Crippen LogP contribution in [0.1, 0.15) is 25.8 Å². The first-order valence-corrected chi connectivity index (χ1v) is 7.44. The minimum absolute atomic E-state index is 0.0945. The lowest BCUT2D eigenvalue weighted by Crippen LogP contribution is -2.24. The number of amides is 1. The number of nitrogens with one attached hydrogen (secondary N) is 2. The molecule has 0 fully saturated rings. The summed E-state index contributed by atoms with van der Waals surface area (Å²) in [6, 6.07) is 8.35. The molecule has 1 aromatic rings. The van der Waals surface area contributed by atoms with Crippen LogP contribution in [0.2, 0.25) is 0 Å². The van der Waals surface area contributed by atoms with Gasteiger partial charge in [-0.25, -0.2) is 0 Å². The van der Waals surface area contributed by atoms with Crippen molar-refractivity contribution >= 4 is 17.7 Å². The van der Waals surface area contributed by atoms with Crippen molar-refractivity contribution in [3.8, 4) is 0 Å². The fourth-order valence-electron chi connectivity index (χ4n) is 1.55. The van der Waals surface area contributed by atoms with Crippen molar-refractivity contribution in [2.24, 2.45) is 0 Å². The molecule has 1 aromatic carbocycles. The molecule has 4 heteroatoms. The van der Waals surface area contributed by atoms with Crippen LogP contribution < -0.4 is 10.6 Å². The predicted molar refractivity (Wildman–Crippen MR) is 77.8 cm³/mol. The summed E-state index contributed by atoms with van der Waals surface area (Å²) in [5, 5.41) is 6.18. The van der Waals surface area contributed by atoms with E-state index in [4.69, 9.17) is 0 Å². The van der Waals surface area contributed by atoms with Crippen LogP contribution in [-0.2, 0) is 11.3 Å². The lowest BCUT2D eigenvalue weighted by molar-refractivity contribution is -0.118. The second-order valence-corrected chi connectivity index (χ2v) is 5.12. The summed E-state index contributed by atoms with van der Waals surface area (Å²) in [6.07, 6.45) is 1.14. The maximum Gasteiger partial charge on any atom is 0.230 e. The third-order valence-electron chi connectivity index (χ3n) is 2.40. The highest BCUT2D eigenvalue weighted by Gasteiger charge is 2.02. The van der Waals surface area contributed by atoms with Gasteiger partial charge in [0, 0.05) is 18.0 Å². The van der Waals surface area contributed by atoms with Crippen LogP contribution in [0.4, 0.5) is 0 Å². The lowest BCUT2D eigenvalue weighted by Gasteiger charge is -2.06. The van der Waals surface area contributed by atoms with Gasteiger partial charge < -0.3 is 10.6 Å². The molecule has 0 unspecified atom stereocenters. The van der Waals surface area contributed by atoms with Gasteiger partial charge in [-0.1, -0.05) is 19.1 Å². The summed E-state index contributed by atoms with van der Waals surface area (Å²) >= 11 is 1.58. The SMILES string of the molecule is CCCNCc1cccc(SCC(=O)NCC)c1. The van der Waals surface area contributed by atoms with Gasteiger partial charge in [-0.2, -0.15) is 0 Å². The molecular weight excluding hydrogens is 244 g/mol. The van der Waals surface area contributed by atoms with Gasteiger partial charge in [-0.05, 0) is 37.6 Å². The van der Waals surface area contributed by atoms with Crippen LogP contribution in [0.3, 0.4) is 0 Å². The van der Waals surface area contributed by atoms with E-state index in [0.29, 0.717) is 12.3 Å². The Morgan fingerprint density at radius 1 is 1.33 bits per heavy atom. The molecule has 0 aromatic heterocycles. The zero-order chi connectivity index (χ0) is 13.2. The second-order valence-electron chi connectivity index (χ2n) is 4.07. The lowest BCUT2D eigenvalue weighted by atomic mass is 10.2. The first-order valence-electron chi connectivity index (χ1n) is 6.45. The first kappa shape index (κ1) is 15.1. The van der Waals surface area contributed by atoms with Crippen molar-refractivity contribution in [1.82, 2.24) is 10.6 Å². The molecule has 100 valence electrons. The van der Waals surface area contributed by atoms with Crippen molar-refractivity contribution < 1.29 is 4.79 Å². The molecule has 0 aliphatic heterocycles. The normalized spacial score (nSPS) is 10.3. The summed E-state index contributed by atoms with van der Waals surface area (Å²) in [4.78, 5) is 12.5. The zero-order valence-corrected chi connectivity index (χ0v) is 12.0. The highest BCUT2D eigenvalue weighted by atomic mass is 32.2. The molecule has 0 atom stereocenters. The van der Waals surface area contributed by atoms with Gasteiger partial charge in [0.2, 0.25) is 5.91 Å². The fraction of sp³-hybridized carbons (Fsp3) is 0.500. The summed E-state index contributed by atoms with van der Waals surface area (Å²) in [5.74, 6) is 0.580. The highest BCUT2D eigenvalue weighted by Crippen LogP contribution is 2.18. The van der Waals surface area contributed by atoms with Gasteiger partial charge >= 0.3 is 0 Å². The summed E-state index contributed by atoms with van der Waals surface area (Å²) < 4.78 is 0. The standard InChI is InChI=1S/C14H22N2OS/c1-3-8-15-10-12-6-5-7-13(9-12)18-11-14(17)16-4-2/h5-7,9,15H,3-4,8,10-11H2,1-2H3,(H,16,17). The molecule has 0 saturated heterocycles. The maximum absolute atomic E-state index is 11.4. The van der Waals surface area contributed by atoms with E-state index in [9.17, 15) is 4.79 Å². The Kier molecular flexibility index (Phi) is 7.53. The number of carbonyl (C=O) groups excluding carboxylic acids is 1. The number of rotatable bonds is 8. The molecule has 0 aliphatic rings. The van der Waals surface area contributed by atoms with E-state index in [-0.39, 0.29) is 5.91 Å². The van der Waals surface area contributed by atoms with Gasteiger partial charge in [0.1, 0.15) is 0 Å². The molecule has 2 N–H and O–H groups in total. The maximum atomic E-state index is 11.4. The van der Waals surface area contributed by atoms with E-state index in [2.05, 4.69) is 29.7 Å². The Morgan fingerprint density at radius 2 is 2.17 bits per heavy atom. The molecule has 1 amide bonds. The van der Waals surface area contributed by atoms with Gasteiger partial charge in [0.25, 0.3) is 0 Å². The third-order valence-corrected chi connectivity index (χ3v) is 3.39. The molecule has 0 heterocycles. The Bertz CT molecular complexity index is 369. The van der Waals surface area contributed by atoms with Crippen molar-refractivity contribution in [2.45, 2.75) is 31.7 Å². The van der Waals surface area contributed by atoms with Crippen LogP contribution in [0, 0.1) is 0 Å². The van der Waals surface area contributed by atoms with Gasteiger partial charge in [0.15, 0.2) is 0 Å². The zero-order valence-electron chi connectivity index (χ0n) is 11.2. The Labute approximate surface area is 114 Å². The fourth-order valence-corrected chi connectivity index (χ4v) is 2.36. The molecule has 3 nitrogen and oxygen atoms in total. The van der Waals surface area contributed by atoms with Crippen LogP contribution in [0.5, 0.6) is 0 Å². The van der Waals surface area contributed by atoms with E-state index in [1.54, 1.807) is 11.8 Å². The van der Waals surface area contributed by atoms with Crippen molar-refractivity contribution in [3.05, 3.63) is 29.8 Å². The average Bonchev–Trinajstić information content (AvgIpc) is 2.38. The second kappa shape index (κ2) is 9.00.